The van der Waals surface area contributed by atoms with E-state index in [1.54, 1.807) is 18.2 Å². The zero-order valence-corrected chi connectivity index (χ0v) is 10.7. The lowest BCUT2D eigenvalue weighted by Crippen LogP contribution is -2.30. The second-order valence-corrected chi connectivity index (χ2v) is 4.26. The number of carbonyl (C=O) groups is 2. The summed E-state index contributed by atoms with van der Waals surface area (Å²) >= 11 is 0. The van der Waals surface area contributed by atoms with Gasteiger partial charge in [-0.1, -0.05) is 0 Å². The van der Waals surface area contributed by atoms with Crippen LogP contribution in [0.1, 0.15) is 16.8 Å². The summed E-state index contributed by atoms with van der Waals surface area (Å²) in [5, 5.41) is 20.1. The summed E-state index contributed by atoms with van der Waals surface area (Å²) in [5.74, 6) is -0.568. The molecule has 7 heteroatoms. The van der Waals surface area contributed by atoms with Gasteiger partial charge in [-0.2, -0.15) is 0 Å². The molecule has 108 valence electrons. The summed E-state index contributed by atoms with van der Waals surface area (Å²) in [5.41, 5.74) is 0.388. The van der Waals surface area contributed by atoms with Crippen molar-refractivity contribution in [3.05, 3.63) is 23.8 Å². The first-order valence-electron chi connectivity index (χ1n) is 6.16. The quantitative estimate of drug-likeness (QED) is 0.703. The third kappa shape index (κ3) is 3.39. The molecule has 1 amide bonds. The molecular formula is C13H15NO6. The van der Waals surface area contributed by atoms with Crippen molar-refractivity contribution in [3.8, 4) is 11.5 Å². The van der Waals surface area contributed by atoms with Crippen LogP contribution in [0.4, 0.5) is 0 Å². The maximum atomic E-state index is 11.8. The molecule has 1 aliphatic rings. The van der Waals surface area contributed by atoms with E-state index in [4.69, 9.17) is 19.7 Å². The molecular weight excluding hydrogens is 266 g/mol. The first-order valence-corrected chi connectivity index (χ1v) is 6.16. The van der Waals surface area contributed by atoms with Gasteiger partial charge in [0.25, 0.3) is 5.91 Å². The highest BCUT2D eigenvalue weighted by Gasteiger charge is 2.16. The van der Waals surface area contributed by atoms with E-state index in [0.29, 0.717) is 30.3 Å². The zero-order chi connectivity index (χ0) is 14.5. The lowest BCUT2D eigenvalue weighted by atomic mass is 10.1. The largest absolute Gasteiger partial charge is 0.486 e. The summed E-state index contributed by atoms with van der Waals surface area (Å²) < 4.78 is 10.7. The van der Waals surface area contributed by atoms with Gasteiger partial charge >= 0.3 is 5.97 Å². The van der Waals surface area contributed by atoms with E-state index in [0.717, 1.165) is 0 Å². The van der Waals surface area contributed by atoms with Crippen molar-refractivity contribution in [3.63, 3.8) is 0 Å². The molecule has 1 aliphatic heterocycles. The Morgan fingerprint density at radius 3 is 2.65 bits per heavy atom. The number of nitrogens with one attached hydrogen (secondary N) is 1. The number of aliphatic carboxylic acids is 1. The molecule has 0 aliphatic carbocycles. The van der Waals surface area contributed by atoms with Crippen LogP contribution in [0, 0.1) is 0 Å². The van der Waals surface area contributed by atoms with E-state index in [1.165, 1.54) is 0 Å². The normalized spacial score (nSPS) is 14.4. The number of ether oxygens (including phenoxy) is 2. The monoisotopic (exact) mass is 281 g/mol. The van der Waals surface area contributed by atoms with Crippen molar-refractivity contribution < 1.29 is 29.3 Å². The van der Waals surface area contributed by atoms with Gasteiger partial charge in [-0.15, -0.1) is 0 Å². The van der Waals surface area contributed by atoms with Crippen molar-refractivity contribution in [2.45, 2.75) is 12.5 Å². The molecule has 0 saturated heterocycles. The van der Waals surface area contributed by atoms with E-state index < -0.39 is 12.1 Å². The topological polar surface area (TPSA) is 105 Å². The molecule has 0 radical (unpaired) electrons. The van der Waals surface area contributed by atoms with E-state index >= 15 is 0 Å². The van der Waals surface area contributed by atoms with Gasteiger partial charge in [0.2, 0.25) is 0 Å². The van der Waals surface area contributed by atoms with Gasteiger partial charge in [0.15, 0.2) is 17.6 Å². The molecule has 1 aromatic rings. The van der Waals surface area contributed by atoms with E-state index in [9.17, 15) is 9.59 Å². The number of fused-ring (bicyclic) bond motifs is 1. The average Bonchev–Trinajstić information content (AvgIpc) is 2.46. The third-order valence-electron chi connectivity index (χ3n) is 2.79. The highest BCUT2D eigenvalue weighted by molar-refractivity contribution is 5.94. The fraction of sp³-hybridized carbons (Fsp3) is 0.385. The van der Waals surface area contributed by atoms with Crippen LogP contribution in [-0.2, 0) is 4.79 Å². The fourth-order valence-corrected chi connectivity index (χ4v) is 1.73. The number of hydrogen-bond acceptors (Lipinski definition) is 5. The van der Waals surface area contributed by atoms with Gasteiger partial charge in [-0.3, -0.25) is 4.79 Å². The summed E-state index contributed by atoms with van der Waals surface area (Å²) in [6.45, 7) is 0.981. The first-order chi connectivity index (χ1) is 9.58. The number of benzene rings is 1. The number of carboxylic acid groups (broad SMARTS) is 1. The van der Waals surface area contributed by atoms with Gasteiger partial charge in [-0.25, -0.2) is 4.79 Å². The second kappa shape index (κ2) is 6.25. The van der Waals surface area contributed by atoms with Crippen LogP contribution in [0.3, 0.4) is 0 Å². The molecule has 1 heterocycles. The zero-order valence-electron chi connectivity index (χ0n) is 10.7. The molecule has 0 fully saturated rings. The van der Waals surface area contributed by atoms with Crippen LogP contribution in [-0.4, -0.2) is 48.0 Å². The van der Waals surface area contributed by atoms with Crippen molar-refractivity contribution in [2.75, 3.05) is 19.8 Å². The van der Waals surface area contributed by atoms with Gasteiger partial charge in [0.1, 0.15) is 13.2 Å². The van der Waals surface area contributed by atoms with E-state index in [2.05, 4.69) is 5.32 Å². The molecule has 7 nitrogen and oxygen atoms in total. The highest BCUT2D eigenvalue weighted by Crippen LogP contribution is 2.30. The number of carbonyl (C=O) groups excluding carboxylic acids is 1. The standard InChI is InChI=1S/C13H15NO6/c15-9(13(17)18)3-4-14-12(16)8-1-2-10-11(7-8)20-6-5-19-10/h1-2,7,9,15H,3-6H2,(H,14,16)(H,17,18)/t9-/m0/s1. The van der Waals surface area contributed by atoms with Crippen molar-refractivity contribution in [2.24, 2.45) is 0 Å². The number of aliphatic hydroxyl groups excluding tert-OH is 1. The molecule has 3 N–H and O–H groups in total. The van der Waals surface area contributed by atoms with Crippen molar-refractivity contribution in [1.82, 2.24) is 5.32 Å². The smallest absolute Gasteiger partial charge is 0.332 e. The van der Waals surface area contributed by atoms with Gasteiger partial charge < -0.3 is 25.0 Å². The highest BCUT2D eigenvalue weighted by atomic mass is 16.6. The van der Waals surface area contributed by atoms with Crippen LogP contribution in [0.25, 0.3) is 0 Å². The van der Waals surface area contributed by atoms with Crippen molar-refractivity contribution >= 4 is 11.9 Å². The number of hydrogen-bond donors (Lipinski definition) is 3. The molecule has 20 heavy (non-hydrogen) atoms. The Hall–Kier alpha value is -2.28. The summed E-state index contributed by atoms with van der Waals surface area (Å²) in [6, 6.07) is 4.81. The lowest BCUT2D eigenvalue weighted by Gasteiger charge is -2.18. The average molecular weight is 281 g/mol. The Morgan fingerprint density at radius 2 is 1.95 bits per heavy atom. The van der Waals surface area contributed by atoms with E-state index in [-0.39, 0.29) is 18.9 Å². The van der Waals surface area contributed by atoms with Gasteiger partial charge in [0, 0.05) is 18.5 Å². The molecule has 0 unspecified atom stereocenters. The van der Waals surface area contributed by atoms with Crippen LogP contribution in [0.15, 0.2) is 18.2 Å². The van der Waals surface area contributed by atoms with Crippen LogP contribution < -0.4 is 14.8 Å². The predicted molar refractivity (Wildman–Crippen MR) is 68.0 cm³/mol. The molecule has 0 aromatic heterocycles. The summed E-state index contributed by atoms with van der Waals surface area (Å²) in [6.07, 6.45) is -1.53. The van der Waals surface area contributed by atoms with Crippen molar-refractivity contribution in [1.29, 1.82) is 0 Å². The van der Waals surface area contributed by atoms with Crippen LogP contribution in [0.2, 0.25) is 0 Å². The number of amides is 1. The Bertz CT molecular complexity index is 516. The first kappa shape index (κ1) is 14.1. The molecule has 1 aromatic carbocycles. The molecule has 0 spiro atoms. The van der Waals surface area contributed by atoms with E-state index in [1.807, 2.05) is 0 Å². The Kier molecular flexibility index (Phi) is 4.41. The second-order valence-electron chi connectivity index (χ2n) is 4.26. The maximum Gasteiger partial charge on any atom is 0.332 e. The van der Waals surface area contributed by atoms with Gasteiger partial charge in [-0.05, 0) is 18.2 Å². The molecule has 2 rings (SSSR count). The summed E-state index contributed by atoms with van der Waals surface area (Å²) in [4.78, 5) is 22.3. The Balaban J connectivity index is 1.91. The number of rotatable bonds is 5. The summed E-state index contributed by atoms with van der Waals surface area (Å²) in [7, 11) is 0. The molecule has 0 bridgehead atoms. The lowest BCUT2D eigenvalue weighted by molar-refractivity contribution is -0.146. The number of carboxylic acids is 1. The van der Waals surface area contributed by atoms with Crippen LogP contribution >= 0.6 is 0 Å². The Morgan fingerprint density at radius 1 is 1.25 bits per heavy atom. The maximum absolute atomic E-state index is 11.8. The minimum atomic E-state index is -1.48. The fourth-order valence-electron chi connectivity index (χ4n) is 1.73. The van der Waals surface area contributed by atoms with Gasteiger partial charge in [0.05, 0.1) is 0 Å². The predicted octanol–water partition coefficient (Wildman–Crippen LogP) is 0.0232. The molecule has 0 saturated carbocycles. The minimum absolute atomic E-state index is 0.0500. The molecule has 1 atom stereocenters. The number of aliphatic hydroxyl groups is 1. The van der Waals surface area contributed by atoms with Crippen LogP contribution in [0.5, 0.6) is 11.5 Å². The third-order valence-corrected chi connectivity index (χ3v) is 2.79. The minimum Gasteiger partial charge on any atom is -0.486 e. The SMILES string of the molecule is O=C(NCC[C@H](O)C(=O)O)c1ccc2c(c1)OCCO2. The Labute approximate surface area is 115 Å².